The molecule has 1 aromatic rings. The first-order valence-electron chi connectivity index (χ1n) is 6.49. The molecule has 3 heteroatoms. The van der Waals surface area contributed by atoms with Crippen LogP contribution >= 0.6 is 0 Å². The SMILES string of the molecule is CC[CH2][Al]([CH2]CC)[O]C(=O)Cc1ccccc1. The highest BCUT2D eigenvalue weighted by molar-refractivity contribution is 6.53. The number of carbonyl (C=O) groups is 1. The van der Waals surface area contributed by atoms with E-state index < -0.39 is 14.5 Å². The number of carbonyl (C=O) groups excluding carboxylic acids is 1. The third-order valence-electron chi connectivity index (χ3n) is 2.71. The van der Waals surface area contributed by atoms with Crippen molar-refractivity contribution in [2.45, 2.75) is 43.7 Å². The summed E-state index contributed by atoms with van der Waals surface area (Å²) in [5.41, 5.74) is 1.04. The molecule has 0 saturated heterocycles. The van der Waals surface area contributed by atoms with Crippen LogP contribution in [0.2, 0.25) is 10.6 Å². The first kappa shape index (κ1) is 14.3. The summed E-state index contributed by atoms with van der Waals surface area (Å²) in [6, 6.07) is 9.81. The maximum absolute atomic E-state index is 11.8. The van der Waals surface area contributed by atoms with Crippen molar-refractivity contribution in [1.82, 2.24) is 0 Å². The van der Waals surface area contributed by atoms with Crippen LogP contribution in [0.5, 0.6) is 0 Å². The van der Waals surface area contributed by atoms with Crippen molar-refractivity contribution in [1.29, 1.82) is 0 Å². The maximum atomic E-state index is 11.8. The van der Waals surface area contributed by atoms with Gasteiger partial charge in [-0.15, -0.1) is 0 Å². The standard InChI is InChI=1S/C8H8O2.2C3H7.Al/c9-8(10)6-7-4-2-1-3-5-7;2*1-3-2;/h1-5H,6H2,(H,9,10);2*1,3H2,2H3;/q;;;+1/p-1. The number of rotatable bonds is 7. The lowest BCUT2D eigenvalue weighted by molar-refractivity contribution is -0.134. The zero-order valence-electron chi connectivity index (χ0n) is 10.8. The second kappa shape index (κ2) is 8.33. The molecule has 0 radical (unpaired) electrons. The fourth-order valence-corrected chi connectivity index (χ4v) is 4.16. The molecule has 0 heterocycles. The van der Waals surface area contributed by atoms with E-state index >= 15 is 0 Å². The van der Waals surface area contributed by atoms with Crippen molar-refractivity contribution in [3.05, 3.63) is 35.9 Å². The highest BCUT2D eigenvalue weighted by Gasteiger charge is 2.23. The second-order valence-corrected chi connectivity index (χ2v) is 6.99. The van der Waals surface area contributed by atoms with Gasteiger partial charge < -0.3 is 3.79 Å². The van der Waals surface area contributed by atoms with Gasteiger partial charge in [-0.2, -0.15) is 0 Å². The van der Waals surface area contributed by atoms with Gasteiger partial charge in [0.15, 0.2) is 0 Å². The first-order chi connectivity index (χ1) is 8.26. The Morgan fingerprint density at radius 1 is 1.12 bits per heavy atom. The van der Waals surface area contributed by atoms with Crippen molar-refractivity contribution in [2.75, 3.05) is 0 Å². The normalized spacial score (nSPS) is 10.0. The van der Waals surface area contributed by atoms with Gasteiger partial charge in [-0.25, -0.2) is 0 Å². The number of benzene rings is 1. The molecule has 0 unspecified atom stereocenters. The van der Waals surface area contributed by atoms with Crippen LogP contribution in [0.15, 0.2) is 30.3 Å². The number of hydrogen-bond acceptors (Lipinski definition) is 2. The Hall–Kier alpha value is -0.778. The van der Waals surface area contributed by atoms with Gasteiger partial charge in [0.05, 0.1) is 6.42 Å². The largest absolute Gasteiger partial charge is 0.616 e. The third kappa shape index (κ3) is 5.91. The second-order valence-electron chi connectivity index (χ2n) is 4.35. The molecule has 92 valence electrons. The van der Waals surface area contributed by atoms with Crippen LogP contribution < -0.4 is 0 Å². The lowest BCUT2D eigenvalue weighted by Gasteiger charge is -2.12. The summed E-state index contributed by atoms with van der Waals surface area (Å²) in [5.74, 6) is -0.0465. The van der Waals surface area contributed by atoms with Crippen LogP contribution in [0.25, 0.3) is 0 Å². The summed E-state index contributed by atoms with van der Waals surface area (Å²) in [6.45, 7) is 4.31. The van der Waals surface area contributed by atoms with Crippen molar-refractivity contribution in [3.63, 3.8) is 0 Å². The Labute approximate surface area is 109 Å². The predicted octanol–water partition coefficient (Wildman–Crippen LogP) is 3.58. The van der Waals surface area contributed by atoms with E-state index in [0.717, 1.165) is 29.0 Å². The van der Waals surface area contributed by atoms with Crippen molar-refractivity contribution < 1.29 is 8.58 Å². The molecule has 0 aliphatic rings. The van der Waals surface area contributed by atoms with Crippen LogP contribution in [0, 0.1) is 0 Å². The zero-order valence-corrected chi connectivity index (χ0v) is 12.0. The van der Waals surface area contributed by atoms with E-state index in [-0.39, 0.29) is 5.97 Å². The van der Waals surface area contributed by atoms with Crippen molar-refractivity contribution in [3.8, 4) is 0 Å². The smallest absolute Gasteiger partial charge is 0.548 e. The molecule has 0 N–H and O–H groups in total. The molecule has 0 spiro atoms. The van der Waals surface area contributed by atoms with Gasteiger partial charge in [-0.1, -0.05) is 67.6 Å². The average molecular weight is 248 g/mol. The Kier molecular flexibility index (Phi) is 7.00. The lowest BCUT2D eigenvalue weighted by atomic mass is 10.2. The predicted molar refractivity (Wildman–Crippen MR) is 72.2 cm³/mol. The van der Waals surface area contributed by atoms with Crippen LogP contribution in [-0.2, 0) is 15.0 Å². The molecule has 0 aliphatic carbocycles. The molecular weight excluding hydrogens is 227 g/mol. The molecule has 1 rings (SSSR count). The lowest BCUT2D eigenvalue weighted by Crippen LogP contribution is -2.23. The van der Waals surface area contributed by atoms with Crippen LogP contribution in [0.1, 0.15) is 32.3 Å². The molecule has 0 saturated carbocycles. The molecule has 2 nitrogen and oxygen atoms in total. The van der Waals surface area contributed by atoms with Gasteiger partial charge in [-0.05, 0) is 5.56 Å². The fraction of sp³-hybridized carbons (Fsp3) is 0.500. The minimum absolute atomic E-state index is 0.0465. The first-order valence-corrected chi connectivity index (χ1v) is 8.60. The van der Waals surface area contributed by atoms with Gasteiger partial charge in [0.2, 0.25) is 0 Å². The Bertz CT molecular complexity index is 318. The minimum Gasteiger partial charge on any atom is -0.616 e. The quantitative estimate of drug-likeness (QED) is 0.689. The molecule has 0 bridgehead atoms. The average Bonchev–Trinajstić information content (AvgIpc) is 2.30. The molecule has 0 amide bonds. The third-order valence-corrected chi connectivity index (χ3v) is 5.75. The summed E-state index contributed by atoms with van der Waals surface area (Å²) >= 11 is -1.28. The molecule has 0 aliphatic heterocycles. The highest BCUT2D eigenvalue weighted by atomic mass is 27.2. The van der Waals surface area contributed by atoms with E-state index in [1.54, 1.807) is 0 Å². The zero-order chi connectivity index (χ0) is 12.5. The van der Waals surface area contributed by atoms with Crippen LogP contribution in [-0.4, -0.2) is 20.5 Å². The topological polar surface area (TPSA) is 26.3 Å². The Balaban J connectivity index is 2.42. The summed E-state index contributed by atoms with van der Waals surface area (Å²) < 4.78 is 5.64. The monoisotopic (exact) mass is 248 g/mol. The van der Waals surface area contributed by atoms with Crippen molar-refractivity contribution >= 4 is 20.5 Å². The molecule has 17 heavy (non-hydrogen) atoms. The van der Waals surface area contributed by atoms with Crippen molar-refractivity contribution in [2.24, 2.45) is 0 Å². The Morgan fingerprint density at radius 3 is 2.24 bits per heavy atom. The summed E-state index contributed by atoms with van der Waals surface area (Å²) in [5, 5.41) is 2.21. The molecule has 0 atom stereocenters. The van der Waals surface area contributed by atoms with Gasteiger partial charge >= 0.3 is 14.5 Å². The minimum atomic E-state index is -1.28. The van der Waals surface area contributed by atoms with E-state index in [2.05, 4.69) is 13.8 Å². The van der Waals surface area contributed by atoms with E-state index in [0.29, 0.717) is 6.42 Å². The van der Waals surface area contributed by atoms with E-state index in [4.69, 9.17) is 3.79 Å². The summed E-state index contributed by atoms with van der Waals surface area (Å²) in [6.07, 6.45) is 2.66. The molecule has 0 aromatic heterocycles. The van der Waals surface area contributed by atoms with Crippen LogP contribution in [0.3, 0.4) is 0 Å². The highest BCUT2D eigenvalue weighted by Crippen LogP contribution is 2.09. The summed E-state index contributed by atoms with van der Waals surface area (Å²) in [7, 11) is 0. The van der Waals surface area contributed by atoms with E-state index in [1.165, 1.54) is 0 Å². The van der Waals surface area contributed by atoms with Gasteiger partial charge in [0, 0.05) is 0 Å². The number of hydrogen-bond donors (Lipinski definition) is 0. The van der Waals surface area contributed by atoms with E-state index in [9.17, 15) is 4.79 Å². The molecule has 1 aromatic carbocycles. The fourth-order valence-electron chi connectivity index (χ4n) is 1.90. The molecular formula is C14H21AlO2. The Morgan fingerprint density at radius 2 is 1.71 bits per heavy atom. The maximum Gasteiger partial charge on any atom is 0.548 e. The van der Waals surface area contributed by atoms with Crippen LogP contribution in [0.4, 0.5) is 0 Å². The van der Waals surface area contributed by atoms with Gasteiger partial charge in [0.25, 0.3) is 5.97 Å². The summed E-state index contributed by atoms with van der Waals surface area (Å²) in [4.78, 5) is 11.8. The van der Waals surface area contributed by atoms with Gasteiger partial charge in [0.1, 0.15) is 0 Å². The van der Waals surface area contributed by atoms with Gasteiger partial charge in [-0.3, -0.25) is 4.79 Å². The molecule has 0 fully saturated rings. The van der Waals surface area contributed by atoms with E-state index in [1.807, 2.05) is 30.3 Å².